The van der Waals surface area contributed by atoms with Gasteiger partial charge in [-0.1, -0.05) is 22.9 Å². The number of hydrogen-bond donors (Lipinski definition) is 2. The number of methoxy groups -OCH3 is 1. The molecule has 1 aliphatic carbocycles. The van der Waals surface area contributed by atoms with Gasteiger partial charge < -0.3 is 15.8 Å². The van der Waals surface area contributed by atoms with Crippen molar-refractivity contribution in [1.29, 1.82) is 0 Å². The zero-order valence-electron chi connectivity index (χ0n) is 11.7. The van der Waals surface area contributed by atoms with E-state index in [1.165, 1.54) is 12.8 Å². The zero-order chi connectivity index (χ0) is 13.8. The van der Waals surface area contributed by atoms with Gasteiger partial charge in [-0.2, -0.15) is 0 Å². The summed E-state index contributed by atoms with van der Waals surface area (Å²) in [4.78, 5) is 0. The Kier molecular flexibility index (Phi) is 5.25. The SMILES string of the molecule is COc1ccc(Br)cc1C(CN)NCC(C)C1CC1. The molecule has 2 rings (SSSR count). The predicted octanol–water partition coefficient (Wildman–Crippen LogP) is 3.09. The van der Waals surface area contributed by atoms with E-state index in [9.17, 15) is 0 Å². The second-order valence-corrected chi connectivity index (χ2v) is 6.31. The van der Waals surface area contributed by atoms with Crippen molar-refractivity contribution in [2.24, 2.45) is 17.6 Å². The van der Waals surface area contributed by atoms with E-state index in [-0.39, 0.29) is 6.04 Å². The maximum absolute atomic E-state index is 5.92. The van der Waals surface area contributed by atoms with Gasteiger partial charge in [0.2, 0.25) is 0 Å². The highest BCUT2D eigenvalue weighted by Crippen LogP contribution is 2.36. The van der Waals surface area contributed by atoms with E-state index in [0.29, 0.717) is 6.54 Å². The molecule has 1 aromatic rings. The number of ether oxygens (including phenoxy) is 1. The Labute approximate surface area is 124 Å². The highest BCUT2D eigenvalue weighted by atomic mass is 79.9. The Balaban J connectivity index is 2.04. The minimum Gasteiger partial charge on any atom is -0.496 e. The summed E-state index contributed by atoms with van der Waals surface area (Å²) in [6, 6.07) is 6.20. The van der Waals surface area contributed by atoms with E-state index >= 15 is 0 Å². The third-order valence-electron chi connectivity index (χ3n) is 3.92. The second-order valence-electron chi connectivity index (χ2n) is 5.40. The molecule has 0 amide bonds. The van der Waals surface area contributed by atoms with Crippen molar-refractivity contribution in [2.45, 2.75) is 25.8 Å². The topological polar surface area (TPSA) is 47.3 Å². The summed E-state index contributed by atoms with van der Waals surface area (Å²) in [5.41, 5.74) is 7.05. The van der Waals surface area contributed by atoms with Crippen LogP contribution in [0.25, 0.3) is 0 Å². The van der Waals surface area contributed by atoms with Gasteiger partial charge in [0, 0.05) is 22.6 Å². The third-order valence-corrected chi connectivity index (χ3v) is 4.41. The lowest BCUT2D eigenvalue weighted by molar-refractivity contribution is 0.386. The Morgan fingerprint density at radius 1 is 1.47 bits per heavy atom. The Hall–Kier alpha value is -0.580. The van der Waals surface area contributed by atoms with E-state index < -0.39 is 0 Å². The van der Waals surface area contributed by atoms with Crippen LogP contribution in [0.5, 0.6) is 5.75 Å². The van der Waals surface area contributed by atoms with E-state index in [2.05, 4.69) is 34.2 Å². The Morgan fingerprint density at radius 3 is 2.79 bits per heavy atom. The van der Waals surface area contributed by atoms with Crippen LogP contribution in [0.4, 0.5) is 0 Å². The molecule has 1 fully saturated rings. The number of nitrogens with two attached hydrogens (primary N) is 1. The van der Waals surface area contributed by atoms with Crippen LogP contribution in [0.1, 0.15) is 31.4 Å². The molecule has 1 aliphatic rings. The lowest BCUT2D eigenvalue weighted by Crippen LogP contribution is -2.32. The van der Waals surface area contributed by atoms with Crippen LogP contribution in [-0.2, 0) is 0 Å². The van der Waals surface area contributed by atoms with Gasteiger partial charge in [-0.05, 0) is 49.4 Å². The largest absolute Gasteiger partial charge is 0.496 e. The third kappa shape index (κ3) is 3.94. The fraction of sp³-hybridized carbons (Fsp3) is 0.600. The Morgan fingerprint density at radius 2 is 2.21 bits per heavy atom. The highest BCUT2D eigenvalue weighted by Gasteiger charge is 2.28. The molecule has 0 radical (unpaired) electrons. The first-order valence-electron chi connectivity index (χ1n) is 6.92. The highest BCUT2D eigenvalue weighted by molar-refractivity contribution is 9.10. The number of rotatable bonds is 7. The molecule has 4 heteroatoms. The van der Waals surface area contributed by atoms with Crippen LogP contribution in [-0.4, -0.2) is 20.2 Å². The summed E-state index contributed by atoms with van der Waals surface area (Å²) in [7, 11) is 1.70. The fourth-order valence-corrected chi connectivity index (χ4v) is 2.84. The maximum Gasteiger partial charge on any atom is 0.123 e. The van der Waals surface area contributed by atoms with Gasteiger partial charge in [-0.25, -0.2) is 0 Å². The van der Waals surface area contributed by atoms with Crippen LogP contribution in [0, 0.1) is 11.8 Å². The summed E-state index contributed by atoms with van der Waals surface area (Å²) < 4.78 is 6.49. The Bertz CT molecular complexity index is 421. The van der Waals surface area contributed by atoms with E-state index in [1.54, 1.807) is 7.11 Å². The van der Waals surface area contributed by atoms with Crippen LogP contribution >= 0.6 is 15.9 Å². The van der Waals surface area contributed by atoms with Crippen LogP contribution in [0.3, 0.4) is 0 Å². The van der Waals surface area contributed by atoms with Gasteiger partial charge in [0.05, 0.1) is 7.11 Å². The average Bonchev–Trinajstić information content (AvgIpc) is 3.24. The molecule has 1 aromatic carbocycles. The molecule has 0 bridgehead atoms. The molecular formula is C15H23BrN2O. The van der Waals surface area contributed by atoms with Crippen LogP contribution in [0.15, 0.2) is 22.7 Å². The molecule has 0 saturated heterocycles. The van der Waals surface area contributed by atoms with Crippen molar-refractivity contribution in [1.82, 2.24) is 5.32 Å². The fourth-order valence-electron chi connectivity index (χ4n) is 2.46. The molecule has 1 saturated carbocycles. The first-order valence-corrected chi connectivity index (χ1v) is 7.72. The molecule has 3 N–H and O–H groups in total. The molecule has 0 aromatic heterocycles. The molecule has 0 spiro atoms. The molecular weight excluding hydrogens is 304 g/mol. The minimum absolute atomic E-state index is 0.147. The smallest absolute Gasteiger partial charge is 0.123 e. The lowest BCUT2D eigenvalue weighted by atomic mass is 10.0. The lowest BCUT2D eigenvalue weighted by Gasteiger charge is -2.22. The van der Waals surface area contributed by atoms with Crippen molar-refractivity contribution in [3.63, 3.8) is 0 Å². The van der Waals surface area contributed by atoms with Gasteiger partial charge in [0.25, 0.3) is 0 Å². The van der Waals surface area contributed by atoms with E-state index in [0.717, 1.165) is 34.2 Å². The van der Waals surface area contributed by atoms with E-state index in [4.69, 9.17) is 10.5 Å². The van der Waals surface area contributed by atoms with Crippen molar-refractivity contribution in [2.75, 3.05) is 20.2 Å². The van der Waals surface area contributed by atoms with E-state index in [1.807, 2.05) is 12.1 Å². The van der Waals surface area contributed by atoms with Crippen molar-refractivity contribution >= 4 is 15.9 Å². The molecule has 19 heavy (non-hydrogen) atoms. The van der Waals surface area contributed by atoms with Gasteiger partial charge >= 0.3 is 0 Å². The van der Waals surface area contributed by atoms with Crippen molar-refractivity contribution in [3.05, 3.63) is 28.2 Å². The maximum atomic E-state index is 5.92. The minimum atomic E-state index is 0.147. The average molecular weight is 327 g/mol. The van der Waals surface area contributed by atoms with Crippen LogP contribution in [0.2, 0.25) is 0 Å². The normalized spacial score (nSPS) is 18.1. The summed E-state index contributed by atoms with van der Waals surface area (Å²) in [6.45, 7) is 3.91. The number of benzene rings is 1. The standard InChI is InChI=1S/C15H23BrN2O/c1-10(11-3-4-11)9-18-14(8-17)13-7-12(16)5-6-15(13)19-2/h5-7,10-11,14,18H,3-4,8-9,17H2,1-2H3. The van der Waals surface area contributed by atoms with Crippen molar-refractivity contribution in [3.8, 4) is 5.75 Å². The first kappa shape index (κ1) is 14.8. The number of nitrogens with one attached hydrogen (secondary N) is 1. The molecule has 0 aliphatic heterocycles. The van der Waals surface area contributed by atoms with Gasteiger partial charge in [0.1, 0.15) is 5.75 Å². The number of hydrogen-bond acceptors (Lipinski definition) is 3. The summed E-state index contributed by atoms with van der Waals surface area (Å²) in [5.74, 6) is 2.53. The quantitative estimate of drug-likeness (QED) is 0.809. The summed E-state index contributed by atoms with van der Waals surface area (Å²) in [6.07, 6.45) is 2.77. The predicted molar refractivity (Wildman–Crippen MR) is 82.4 cm³/mol. The zero-order valence-corrected chi connectivity index (χ0v) is 13.2. The first-order chi connectivity index (χ1) is 9.15. The van der Waals surface area contributed by atoms with Gasteiger partial charge in [-0.15, -0.1) is 0 Å². The monoisotopic (exact) mass is 326 g/mol. The number of halogens is 1. The molecule has 0 heterocycles. The summed E-state index contributed by atoms with van der Waals surface area (Å²) in [5, 5.41) is 3.58. The van der Waals surface area contributed by atoms with Crippen molar-refractivity contribution < 1.29 is 4.74 Å². The van der Waals surface area contributed by atoms with Gasteiger partial charge in [-0.3, -0.25) is 0 Å². The molecule has 2 unspecified atom stereocenters. The molecule has 2 atom stereocenters. The van der Waals surface area contributed by atoms with Gasteiger partial charge in [0.15, 0.2) is 0 Å². The summed E-state index contributed by atoms with van der Waals surface area (Å²) >= 11 is 3.51. The second kappa shape index (κ2) is 6.73. The molecule has 106 valence electrons. The van der Waals surface area contributed by atoms with Crippen LogP contribution < -0.4 is 15.8 Å². The molecule has 3 nitrogen and oxygen atoms in total.